The van der Waals surface area contributed by atoms with E-state index >= 15 is 0 Å². The highest BCUT2D eigenvalue weighted by molar-refractivity contribution is 7.91. The summed E-state index contributed by atoms with van der Waals surface area (Å²) in [5.41, 5.74) is 0.467. The molecule has 0 N–H and O–H groups in total. The lowest BCUT2D eigenvalue weighted by molar-refractivity contribution is 0.0674. The van der Waals surface area contributed by atoms with Crippen molar-refractivity contribution in [2.45, 2.75) is 37.5 Å². The van der Waals surface area contributed by atoms with Gasteiger partial charge in [0, 0.05) is 18.8 Å². The Bertz CT molecular complexity index is 1200. The van der Waals surface area contributed by atoms with Crippen molar-refractivity contribution in [1.82, 2.24) is 14.9 Å². The number of hydrogen-bond donors (Lipinski definition) is 0. The van der Waals surface area contributed by atoms with Crippen molar-refractivity contribution in [2.24, 2.45) is 0 Å². The van der Waals surface area contributed by atoms with E-state index in [1.165, 1.54) is 4.90 Å². The molecule has 2 aromatic rings. The predicted octanol–water partition coefficient (Wildman–Crippen LogP) is 2.15. The molecule has 0 aliphatic carbocycles. The minimum absolute atomic E-state index is 0.0304. The van der Waals surface area contributed by atoms with Crippen LogP contribution in [0.4, 0.5) is 0 Å². The summed E-state index contributed by atoms with van der Waals surface area (Å²) in [7, 11) is -7.05. The van der Waals surface area contributed by atoms with Gasteiger partial charge in [-0.05, 0) is 30.5 Å². The van der Waals surface area contributed by atoms with Gasteiger partial charge in [0.25, 0.3) is 5.91 Å². The zero-order valence-electron chi connectivity index (χ0n) is 17.7. The first-order chi connectivity index (χ1) is 15.0. The summed E-state index contributed by atoms with van der Waals surface area (Å²) in [5.74, 6) is -0.181. The quantitative estimate of drug-likeness (QED) is 0.504. The smallest absolute Gasteiger partial charge is 0.274 e. The lowest BCUT2D eigenvalue weighted by atomic mass is 10.1. The van der Waals surface area contributed by atoms with E-state index in [0.717, 1.165) is 24.4 Å². The van der Waals surface area contributed by atoms with Crippen LogP contribution in [0.25, 0.3) is 0 Å². The van der Waals surface area contributed by atoms with E-state index < -0.39 is 36.8 Å². The molecule has 1 aromatic heterocycles. The van der Waals surface area contributed by atoms with Gasteiger partial charge in [-0.1, -0.05) is 30.7 Å². The SMILES string of the molecule is CCCOc1ccc(CN(C(=O)c2nc(S(C)(=O)=O)ncc2Cl)[C@H]2CCS(=O)(=O)C2)cc1. The van der Waals surface area contributed by atoms with Gasteiger partial charge in [-0.25, -0.2) is 26.8 Å². The van der Waals surface area contributed by atoms with Crippen molar-refractivity contribution in [3.05, 3.63) is 46.7 Å². The molecular weight excluding hydrogens is 478 g/mol. The summed E-state index contributed by atoms with van der Waals surface area (Å²) in [6.07, 6.45) is 3.12. The third-order valence-electron chi connectivity index (χ3n) is 4.92. The molecule has 174 valence electrons. The maximum absolute atomic E-state index is 13.4. The first-order valence-electron chi connectivity index (χ1n) is 9.96. The zero-order valence-corrected chi connectivity index (χ0v) is 20.1. The molecule has 32 heavy (non-hydrogen) atoms. The minimum Gasteiger partial charge on any atom is -0.494 e. The second-order valence-corrected chi connectivity index (χ2v) is 12.1. The second kappa shape index (κ2) is 9.72. The number of aromatic nitrogens is 2. The van der Waals surface area contributed by atoms with Crippen LogP contribution < -0.4 is 4.74 Å². The maximum atomic E-state index is 13.4. The molecule has 1 atom stereocenters. The summed E-state index contributed by atoms with van der Waals surface area (Å²) >= 11 is 6.12. The Morgan fingerprint density at radius 2 is 1.97 bits per heavy atom. The Balaban J connectivity index is 1.94. The van der Waals surface area contributed by atoms with Gasteiger partial charge in [0.05, 0.1) is 29.3 Å². The van der Waals surface area contributed by atoms with Crippen LogP contribution in [0.5, 0.6) is 5.75 Å². The van der Waals surface area contributed by atoms with Gasteiger partial charge in [-0.2, -0.15) is 0 Å². The van der Waals surface area contributed by atoms with Gasteiger partial charge in [-0.15, -0.1) is 0 Å². The average molecular weight is 502 g/mol. The van der Waals surface area contributed by atoms with Crippen LogP contribution >= 0.6 is 11.6 Å². The Morgan fingerprint density at radius 3 is 2.53 bits per heavy atom. The van der Waals surface area contributed by atoms with Crippen molar-refractivity contribution >= 4 is 37.2 Å². The van der Waals surface area contributed by atoms with Gasteiger partial charge < -0.3 is 9.64 Å². The van der Waals surface area contributed by atoms with E-state index in [4.69, 9.17) is 16.3 Å². The van der Waals surface area contributed by atoms with Crippen LogP contribution in [0.15, 0.2) is 35.6 Å². The van der Waals surface area contributed by atoms with Gasteiger partial charge in [0.15, 0.2) is 15.5 Å². The van der Waals surface area contributed by atoms with E-state index in [1.54, 1.807) is 24.3 Å². The highest BCUT2D eigenvalue weighted by Gasteiger charge is 2.36. The molecule has 9 nitrogen and oxygen atoms in total. The number of amides is 1. The molecule has 1 saturated heterocycles. The molecule has 12 heteroatoms. The van der Waals surface area contributed by atoms with Crippen LogP contribution in [0.1, 0.15) is 35.8 Å². The van der Waals surface area contributed by atoms with E-state index in [2.05, 4.69) is 9.97 Å². The molecule has 0 saturated carbocycles. The molecule has 3 rings (SSSR count). The summed E-state index contributed by atoms with van der Waals surface area (Å²) in [4.78, 5) is 22.3. The first-order valence-corrected chi connectivity index (χ1v) is 14.0. The fraction of sp³-hybridized carbons (Fsp3) is 0.450. The van der Waals surface area contributed by atoms with E-state index in [9.17, 15) is 21.6 Å². The number of hydrogen-bond acceptors (Lipinski definition) is 8. The number of carbonyl (C=O) groups is 1. The Hall–Kier alpha value is -2.24. The molecule has 2 heterocycles. The third-order valence-corrected chi connectivity index (χ3v) is 7.80. The molecule has 0 bridgehead atoms. The monoisotopic (exact) mass is 501 g/mol. The number of ether oxygens (including phenoxy) is 1. The molecule has 1 fully saturated rings. The van der Waals surface area contributed by atoms with Gasteiger partial charge in [0.2, 0.25) is 15.0 Å². The van der Waals surface area contributed by atoms with Gasteiger partial charge in [-0.3, -0.25) is 4.79 Å². The van der Waals surface area contributed by atoms with Gasteiger partial charge >= 0.3 is 0 Å². The largest absolute Gasteiger partial charge is 0.494 e. The van der Waals surface area contributed by atoms with Crippen molar-refractivity contribution in [2.75, 3.05) is 24.4 Å². The Morgan fingerprint density at radius 1 is 1.28 bits per heavy atom. The lowest BCUT2D eigenvalue weighted by Crippen LogP contribution is -2.41. The van der Waals surface area contributed by atoms with E-state index in [1.807, 2.05) is 6.92 Å². The summed E-state index contributed by atoms with van der Waals surface area (Å²) in [6, 6.07) is 6.55. The normalized spacial score (nSPS) is 17.8. The Kier molecular flexibility index (Phi) is 7.41. The second-order valence-electron chi connectivity index (χ2n) is 7.60. The zero-order chi connectivity index (χ0) is 23.5. The molecule has 1 aliphatic rings. The van der Waals surface area contributed by atoms with E-state index in [0.29, 0.717) is 12.4 Å². The molecule has 1 aromatic carbocycles. The highest BCUT2D eigenvalue weighted by atomic mass is 35.5. The molecule has 1 aliphatic heterocycles. The maximum Gasteiger partial charge on any atom is 0.274 e. The summed E-state index contributed by atoms with van der Waals surface area (Å²) < 4.78 is 53.4. The number of nitrogens with zero attached hydrogens (tertiary/aromatic N) is 3. The summed E-state index contributed by atoms with van der Waals surface area (Å²) in [5, 5.41) is -0.641. The summed E-state index contributed by atoms with van der Waals surface area (Å²) in [6.45, 7) is 2.68. The van der Waals surface area contributed by atoms with Crippen molar-refractivity contribution in [3.8, 4) is 5.75 Å². The van der Waals surface area contributed by atoms with Crippen LogP contribution in [0.3, 0.4) is 0 Å². The number of carbonyl (C=O) groups excluding carboxylic acids is 1. The van der Waals surface area contributed by atoms with E-state index in [-0.39, 0.29) is 35.2 Å². The van der Waals surface area contributed by atoms with Crippen LogP contribution in [0.2, 0.25) is 5.02 Å². The fourth-order valence-corrected chi connectivity index (χ4v) is 5.72. The minimum atomic E-state index is -3.77. The molecule has 0 spiro atoms. The average Bonchev–Trinajstić information content (AvgIpc) is 3.09. The fourth-order valence-electron chi connectivity index (χ4n) is 3.31. The number of sulfone groups is 2. The van der Waals surface area contributed by atoms with Crippen LogP contribution in [-0.4, -0.2) is 68.0 Å². The first kappa shape index (κ1) is 24.4. The third kappa shape index (κ3) is 5.96. The topological polar surface area (TPSA) is 124 Å². The van der Waals surface area contributed by atoms with Crippen LogP contribution in [-0.2, 0) is 26.2 Å². The molecule has 0 unspecified atom stereocenters. The van der Waals surface area contributed by atoms with Crippen LogP contribution in [0, 0.1) is 0 Å². The molecular formula is C20H24ClN3O6S2. The number of halogens is 1. The van der Waals surface area contributed by atoms with Gasteiger partial charge in [0.1, 0.15) is 5.75 Å². The lowest BCUT2D eigenvalue weighted by Gasteiger charge is -2.28. The number of benzene rings is 1. The molecule has 1 amide bonds. The van der Waals surface area contributed by atoms with Crippen molar-refractivity contribution < 1.29 is 26.4 Å². The highest BCUT2D eigenvalue weighted by Crippen LogP contribution is 2.25. The Labute approximate surface area is 192 Å². The molecule has 0 radical (unpaired) electrons. The van der Waals surface area contributed by atoms with Crippen molar-refractivity contribution in [1.29, 1.82) is 0 Å². The standard InChI is InChI=1S/C20H24ClN3O6S2/c1-3-9-30-16-6-4-14(5-7-16)12-24(15-8-10-32(28,29)13-15)19(25)18-17(21)11-22-20(23-18)31(2,26)27/h4-7,11,15H,3,8-10,12-13H2,1-2H3/t15-/m0/s1. The van der Waals surface area contributed by atoms with Crippen molar-refractivity contribution in [3.63, 3.8) is 0 Å². The predicted molar refractivity (Wildman–Crippen MR) is 119 cm³/mol. The number of rotatable bonds is 8.